The minimum atomic E-state index is 0.702. The van der Waals surface area contributed by atoms with Gasteiger partial charge in [-0.2, -0.15) is 0 Å². The van der Waals surface area contributed by atoms with Crippen LogP contribution in [0.5, 0.6) is 0 Å². The first kappa shape index (κ1) is 12.7. The SMILES string of the molecule is CSc1cccc(Nc2ncnc3ccc(N)cc23)c1. The van der Waals surface area contributed by atoms with E-state index in [1.807, 2.05) is 30.3 Å². The molecule has 0 aliphatic heterocycles. The van der Waals surface area contributed by atoms with E-state index in [0.717, 1.165) is 22.4 Å². The second-order valence-corrected chi connectivity index (χ2v) is 5.24. The Morgan fingerprint density at radius 2 is 2.00 bits per heavy atom. The van der Waals surface area contributed by atoms with Crippen molar-refractivity contribution in [2.45, 2.75) is 4.90 Å². The monoisotopic (exact) mass is 282 g/mol. The van der Waals surface area contributed by atoms with Gasteiger partial charge in [-0.3, -0.25) is 0 Å². The van der Waals surface area contributed by atoms with Crippen LogP contribution in [-0.4, -0.2) is 16.2 Å². The third-order valence-corrected chi connectivity index (χ3v) is 3.72. The maximum atomic E-state index is 5.85. The standard InChI is InChI=1S/C15H14N4S/c1-20-12-4-2-3-11(8-12)19-15-13-7-10(16)5-6-14(13)17-9-18-15/h2-9H,16H2,1H3,(H,17,18,19). The molecule has 1 heterocycles. The summed E-state index contributed by atoms with van der Waals surface area (Å²) in [4.78, 5) is 9.76. The van der Waals surface area contributed by atoms with Gasteiger partial charge in [-0.05, 0) is 42.7 Å². The van der Waals surface area contributed by atoms with Crippen molar-refractivity contribution in [1.82, 2.24) is 9.97 Å². The highest BCUT2D eigenvalue weighted by Crippen LogP contribution is 2.26. The number of thioether (sulfide) groups is 1. The predicted molar refractivity (Wildman–Crippen MR) is 85.5 cm³/mol. The average Bonchev–Trinajstić information content (AvgIpc) is 2.48. The Balaban J connectivity index is 2.03. The summed E-state index contributed by atoms with van der Waals surface area (Å²) >= 11 is 1.71. The summed E-state index contributed by atoms with van der Waals surface area (Å²) in [6.45, 7) is 0. The van der Waals surface area contributed by atoms with Gasteiger partial charge in [0.15, 0.2) is 0 Å². The number of hydrogen-bond donors (Lipinski definition) is 2. The van der Waals surface area contributed by atoms with Gasteiger partial charge in [0.2, 0.25) is 0 Å². The van der Waals surface area contributed by atoms with Crippen molar-refractivity contribution in [2.75, 3.05) is 17.3 Å². The molecule has 3 N–H and O–H groups in total. The lowest BCUT2D eigenvalue weighted by atomic mass is 10.2. The first-order valence-corrected chi connectivity index (χ1v) is 7.40. The molecule has 20 heavy (non-hydrogen) atoms. The maximum Gasteiger partial charge on any atom is 0.141 e. The Labute approximate surface area is 121 Å². The molecule has 2 aromatic carbocycles. The number of nitrogen functional groups attached to an aromatic ring is 1. The van der Waals surface area contributed by atoms with Crippen molar-refractivity contribution in [3.63, 3.8) is 0 Å². The Morgan fingerprint density at radius 1 is 1.10 bits per heavy atom. The summed E-state index contributed by atoms with van der Waals surface area (Å²) in [7, 11) is 0. The predicted octanol–water partition coefficient (Wildman–Crippen LogP) is 3.68. The summed E-state index contributed by atoms with van der Waals surface area (Å²) in [5, 5.41) is 4.25. The molecule has 0 saturated carbocycles. The molecule has 1 aromatic heterocycles. The first-order valence-electron chi connectivity index (χ1n) is 6.17. The number of nitrogens with zero attached hydrogens (tertiary/aromatic N) is 2. The maximum absolute atomic E-state index is 5.85. The van der Waals surface area contributed by atoms with Gasteiger partial charge in [0.25, 0.3) is 0 Å². The minimum Gasteiger partial charge on any atom is -0.399 e. The highest BCUT2D eigenvalue weighted by Gasteiger charge is 2.05. The van der Waals surface area contributed by atoms with Crippen LogP contribution in [0.1, 0.15) is 0 Å². The summed E-state index contributed by atoms with van der Waals surface area (Å²) in [5.41, 5.74) is 8.42. The molecule has 0 aliphatic rings. The number of rotatable bonds is 3. The molecule has 0 saturated heterocycles. The number of benzene rings is 2. The minimum absolute atomic E-state index is 0.702. The average molecular weight is 282 g/mol. The van der Waals surface area contributed by atoms with Crippen LogP contribution in [-0.2, 0) is 0 Å². The van der Waals surface area contributed by atoms with Crippen molar-refractivity contribution in [1.29, 1.82) is 0 Å². The lowest BCUT2D eigenvalue weighted by molar-refractivity contribution is 1.22. The van der Waals surface area contributed by atoms with Crippen molar-refractivity contribution < 1.29 is 0 Å². The molecule has 0 aliphatic carbocycles. The van der Waals surface area contributed by atoms with E-state index in [1.165, 1.54) is 4.90 Å². The number of hydrogen-bond acceptors (Lipinski definition) is 5. The Bertz CT molecular complexity index is 758. The highest BCUT2D eigenvalue weighted by atomic mass is 32.2. The van der Waals surface area contributed by atoms with E-state index in [2.05, 4.69) is 33.7 Å². The van der Waals surface area contributed by atoms with Gasteiger partial charge in [0, 0.05) is 21.7 Å². The van der Waals surface area contributed by atoms with Gasteiger partial charge in [-0.1, -0.05) is 6.07 Å². The van der Waals surface area contributed by atoms with E-state index in [1.54, 1.807) is 18.1 Å². The van der Waals surface area contributed by atoms with E-state index in [9.17, 15) is 0 Å². The molecule has 5 heteroatoms. The van der Waals surface area contributed by atoms with Gasteiger partial charge in [0.05, 0.1) is 5.52 Å². The van der Waals surface area contributed by atoms with Crippen molar-refractivity contribution in [3.8, 4) is 0 Å². The molecule has 0 radical (unpaired) electrons. The van der Waals surface area contributed by atoms with Crippen LogP contribution in [0.2, 0.25) is 0 Å². The lowest BCUT2D eigenvalue weighted by Crippen LogP contribution is -1.97. The second kappa shape index (κ2) is 5.38. The van der Waals surface area contributed by atoms with E-state index in [4.69, 9.17) is 5.73 Å². The Hall–Kier alpha value is -2.27. The topological polar surface area (TPSA) is 63.8 Å². The van der Waals surface area contributed by atoms with Crippen LogP contribution in [0.3, 0.4) is 0 Å². The molecule has 100 valence electrons. The molecule has 3 rings (SSSR count). The molecular weight excluding hydrogens is 268 g/mol. The molecule has 3 aromatic rings. The molecule has 4 nitrogen and oxygen atoms in total. The quantitative estimate of drug-likeness (QED) is 0.567. The summed E-state index contributed by atoms with van der Waals surface area (Å²) in [5.74, 6) is 0.764. The summed E-state index contributed by atoms with van der Waals surface area (Å²) in [6.07, 6.45) is 3.61. The molecule has 0 atom stereocenters. The molecule has 0 spiro atoms. The van der Waals surface area contributed by atoms with Crippen LogP contribution >= 0.6 is 11.8 Å². The fourth-order valence-corrected chi connectivity index (χ4v) is 2.47. The van der Waals surface area contributed by atoms with Crippen LogP contribution in [0.25, 0.3) is 10.9 Å². The highest BCUT2D eigenvalue weighted by molar-refractivity contribution is 7.98. The number of fused-ring (bicyclic) bond motifs is 1. The third-order valence-electron chi connectivity index (χ3n) is 2.99. The normalized spacial score (nSPS) is 10.7. The van der Waals surface area contributed by atoms with Crippen molar-refractivity contribution in [3.05, 3.63) is 48.8 Å². The number of aromatic nitrogens is 2. The Morgan fingerprint density at radius 3 is 2.85 bits per heavy atom. The van der Waals surface area contributed by atoms with Crippen LogP contribution < -0.4 is 11.1 Å². The van der Waals surface area contributed by atoms with Crippen LogP contribution in [0.4, 0.5) is 17.2 Å². The zero-order valence-corrected chi connectivity index (χ0v) is 11.8. The largest absolute Gasteiger partial charge is 0.399 e. The van der Waals surface area contributed by atoms with Crippen molar-refractivity contribution in [2.24, 2.45) is 0 Å². The van der Waals surface area contributed by atoms with Gasteiger partial charge in [-0.25, -0.2) is 9.97 Å². The second-order valence-electron chi connectivity index (χ2n) is 4.36. The molecular formula is C15H14N4S. The smallest absolute Gasteiger partial charge is 0.141 e. The van der Waals surface area contributed by atoms with Gasteiger partial charge in [-0.15, -0.1) is 11.8 Å². The zero-order chi connectivity index (χ0) is 13.9. The van der Waals surface area contributed by atoms with E-state index in [-0.39, 0.29) is 0 Å². The van der Waals surface area contributed by atoms with Crippen LogP contribution in [0.15, 0.2) is 53.7 Å². The first-order chi connectivity index (χ1) is 9.76. The molecule has 0 bridgehead atoms. The van der Waals surface area contributed by atoms with Gasteiger partial charge < -0.3 is 11.1 Å². The molecule has 0 amide bonds. The number of nitrogens with two attached hydrogens (primary N) is 1. The van der Waals surface area contributed by atoms with Gasteiger partial charge >= 0.3 is 0 Å². The van der Waals surface area contributed by atoms with E-state index in [0.29, 0.717) is 5.69 Å². The summed E-state index contributed by atoms with van der Waals surface area (Å²) in [6, 6.07) is 13.8. The zero-order valence-electron chi connectivity index (χ0n) is 11.0. The summed E-state index contributed by atoms with van der Waals surface area (Å²) < 4.78 is 0. The molecule has 0 fully saturated rings. The fraction of sp³-hybridized carbons (Fsp3) is 0.0667. The van der Waals surface area contributed by atoms with E-state index < -0.39 is 0 Å². The van der Waals surface area contributed by atoms with Gasteiger partial charge in [0.1, 0.15) is 12.1 Å². The fourth-order valence-electron chi connectivity index (χ4n) is 2.01. The number of nitrogens with one attached hydrogen (secondary N) is 1. The Kier molecular flexibility index (Phi) is 3.43. The van der Waals surface area contributed by atoms with E-state index >= 15 is 0 Å². The van der Waals surface area contributed by atoms with Crippen molar-refractivity contribution >= 4 is 39.9 Å². The number of anilines is 3. The lowest BCUT2D eigenvalue weighted by Gasteiger charge is -2.09. The van der Waals surface area contributed by atoms with Crippen LogP contribution in [0, 0.1) is 0 Å². The third kappa shape index (κ3) is 2.53. The molecule has 0 unspecified atom stereocenters.